The van der Waals surface area contributed by atoms with Crippen LogP contribution in [0.2, 0.25) is 10.0 Å². The number of anilines is 1. The molecular weight excluding hydrogens is 291 g/mol. The minimum absolute atomic E-state index is 0.0346. The first-order valence-corrected chi connectivity index (χ1v) is 5.93. The van der Waals surface area contributed by atoms with Crippen molar-refractivity contribution >= 4 is 40.8 Å². The smallest absolute Gasteiger partial charge is 0.326 e. The maximum Gasteiger partial charge on any atom is 0.326 e. The Balaban J connectivity index is 2.02. The maximum absolute atomic E-state index is 11.6. The highest BCUT2D eigenvalue weighted by atomic mass is 35.5. The summed E-state index contributed by atoms with van der Waals surface area (Å²) in [5.41, 5.74) is 0.305. The fraction of sp³-hybridized carbons (Fsp3) is 0. The fourth-order valence-corrected chi connectivity index (χ4v) is 1.66. The zero-order valence-electron chi connectivity index (χ0n) is 9.44. The van der Waals surface area contributed by atoms with Gasteiger partial charge in [0.25, 0.3) is 5.91 Å². The van der Waals surface area contributed by atoms with Gasteiger partial charge in [-0.3, -0.25) is 10.1 Å². The minimum Gasteiger partial charge on any atom is -0.459 e. The predicted octanol–water partition coefficient (Wildman–Crippen LogP) is 3.55. The molecule has 2 rings (SSSR count). The number of imide groups is 1. The lowest BCUT2D eigenvalue weighted by atomic mass is 10.3. The number of carbonyl (C=O) groups is 2. The molecule has 19 heavy (non-hydrogen) atoms. The van der Waals surface area contributed by atoms with Gasteiger partial charge in [0.2, 0.25) is 0 Å². The molecule has 0 aliphatic heterocycles. The van der Waals surface area contributed by atoms with Crippen LogP contribution in [0.25, 0.3) is 0 Å². The summed E-state index contributed by atoms with van der Waals surface area (Å²) in [7, 11) is 0. The number of nitrogens with one attached hydrogen (secondary N) is 2. The molecule has 0 aliphatic rings. The van der Waals surface area contributed by atoms with Crippen molar-refractivity contribution in [2.24, 2.45) is 0 Å². The molecule has 1 heterocycles. The normalized spacial score (nSPS) is 10.0. The molecule has 0 aliphatic carbocycles. The van der Waals surface area contributed by atoms with Gasteiger partial charge in [0, 0.05) is 5.02 Å². The molecule has 0 fully saturated rings. The average molecular weight is 299 g/mol. The Hall–Kier alpha value is -1.98. The first-order valence-electron chi connectivity index (χ1n) is 5.17. The standard InChI is InChI=1S/C12H8Cl2N2O3/c13-7-3-4-8(14)9(6-7)15-12(18)16-11(17)10-2-1-5-19-10/h1-6H,(H2,15,16,17,18). The monoisotopic (exact) mass is 298 g/mol. The highest BCUT2D eigenvalue weighted by molar-refractivity contribution is 6.35. The third kappa shape index (κ3) is 3.49. The van der Waals surface area contributed by atoms with E-state index in [1.165, 1.54) is 24.5 Å². The topological polar surface area (TPSA) is 71.3 Å². The summed E-state index contributed by atoms with van der Waals surface area (Å²) in [5.74, 6) is -0.618. The molecule has 7 heteroatoms. The largest absolute Gasteiger partial charge is 0.459 e. The Kier molecular flexibility index (Phi) is 4.09. The zero-order valence-corrected chi connectivity index (χ0v) is 11.0. The van der Waals surface area contributed by atoms with E-state index in [4.69, 9.17) is 27.6 Å². The summed E-state index contributed by atoms with van der Waals surface area (Å²) >= 11 is 11.6. The molecule has 2 aromatic rings. The van der Waals surface area contributed by atoms with Crippen molar-refractivity contribution in [2.75, 3.05) is 5.32 Å². The molecule has 1 aromatic carbocycles. The molecule has 0 atom stereocenters. The lowest BCUT2D eigenvalue weighted by Crippen LogP contribution is -2.34. The Morgan fingerprint density at radius 2 is 1.95 bits per heavy atom. The first-order chi connectivity index (χ1) is 9.06. The van der Waals surface area contributed by atoms with Crippen LogP contribution in [0.1, 0.15) is 10.6 Å². The van der Waals surface area contributed by atoms with E-state index in [1.54, 1.807) is 12.1 Å². The quantitative estimate of drug-likeness (QED) is 0.890. The van der Waals surface area contributed by atoms with Gasteiger partial charge in [-0.2, -0.15) is 0 Å². The molecule has 3 amide bonds. The third-order valence-corrected chi connectivity index (χ3v) is 2.71. The highest BCUT2D eigenvalue weighted by Crippen LogP contribution is 2.25. The molecule has 1 aromatic heterocycles. The highest BCUT2D eigenvalue weighted by Gasteiger charge is 2.13. The fourth-order valence-electron chi connectivity index (χ4n) is 1.32. The van der Waals surface area contributed by atoms with Crippen LogP contribution in [0.5, 0.6) is 0 Å². The number of carbonyl (C=O) groups excluding carboxylic acids is 2. The van der Waals surface area contributed by atoms with Gasteiger partial charge >= 0.3 is 6.03 Å². The summed E-state index contributed by atoms with van der Waals surface area (Å²) in [4.78, 5) is 23.1. The van der Waals surface area contributed by atoms with Crippen molar-refractivity contribution < 1.29 is 14.0 Å². The van der Waals surface area contributed by atoms with E-state index in [9.17, 15) is 9.59 Å². The average Bonchev–Trinajstić information content (AvgIpc) is 2.87. The summed E-state index contributed by atoms with van der Waals surface area (Å²) in [5, 5.41) is 5.23. The van der Waals surface area contributed by atoms with E-state index >= 15 is 0 Å². The molecule has 0 spiro atoms. The van der Waals surface area contributed by atoms with Crippen molar-refractivity contribution in [2.45, 2.75) is 0 Å². The summed E-state index contributed by atoms with van der Waals surface area (Å²) in [6.07, 6.45) is 1.33. The van der Waals surface area contributed by atoms with E-state index in [0.29, 0.717) is 15.7 Å². The molecule has 0 saturated heterocycles. The van der Waals surface area contributed by atoms with Crippen LogP contribution in [-0.4, -0.2) is 11.9 Å². The van der Waals surface area contributed by atoms with Gasteiger partial charge in [-0.05, 0) is 30.3 Å². The SMILES string of the molecule is O=C(NC(=O)c1ccco1)Nc1cc(Cl)ccc1Cl. The van der Waals surface area contributed by atoms with E-state index in [2.05, 4.69) is 10.6 Å². The van der Waals surface area contributed by atoms with Crippen LogP contribution in [0.4, 0.5) is 10.5 Å². The Bertz CT molecular complexity index is 611. The Morgan fingerprint density at radius 1 is 1.16 bits per heavy atom. The number of urea groups is 1. The van der Waals surface area contributed by atoms with Crippen molar-refractivity contribution in [3.63, 3.8) is 0 Å². The van der Waals surface area contributed by atoms with Crippen molar-refractivity contribution in [1.29, 1.82) is 0 Å². The maximum atomic E-state index is 11.6. The Morgan fingerprint density at radius 3 is 2.63 bits per heavy atom. The number of benzene rings is 1. The number of amides is 3. The first kappa shape index (κ1) is 13.5. The lowest BCUT2D eigenvalue weighted by Gasteiger charge is -2.07. The predicted molar refractivity (Wildman–Crippen MR) is 71.7 cm³/mol. The van der Waals surface area contributed by atoms with Crippen LogP contribution in [0.3, 0.4) is 0 Å². The van der Waals surface area contributed by atoms with Crippen LogP contribution in [-0.2, 0) is 0 Å². The van der Waals surface area contributed by atoms with Crippen molar-refractivity contribution in [3.8, 4) is 0 Å². The number of hydrogen-bond donors (Lipinski definition) is 2. The van der Waals surface area contributed by atoms with Gasteiger partial charge in [0.05, 0.1) is 17.0 Å². The number of halogens is 2. The number of furan rings is 1. The zero-order chi connectivity index (χ0) is 13.8. The molecule has 0 unspecified atom stereocenters. The number of rotatable bonds is 2. The van der Waals surface area contributed by atoms with Crippen LogP contribution in [0, 0.1) is 0 Å². The van der Waals surface area contributed by atoms with Gasteiger partial charge in [0.1, 0.15) is 0 Å². The third-order valence-electron chi connectivity index (χ3n) is 2.15. The molecular formula is C12H8Cl2N2O3. The second-order valence-electron chi connectivity index (χ2n) is 3.51. The van der Waals surface area contributed by atoms with Crippen molar-refractivity contribution in [1.82, 2.24) is 5.32 Å². The van der Waals surface area contributed by atoms with Gasteiger partial charge < -0.3 is 9.73 Å². The van der Waals surface area contributed by atoms with E-state index in [-0.39, 0.29) is 5.76 Å². The summed E-state index contributed by atoms with van der Waals surface area (Å²) in [6, 6.07) is 6.84. The second kappa shape index (κ2) is 5.77. The molecule has 5 nitrogen and oxygen atoms in total. The van der Waals surface area contributed by atoms with Gasteiger partial charge in [-0.15, -0.1) is 0 Å². The van der Waals surface area contributed by atoms with Gasteiger partial charge in [-0.25, -0.2) is 4.79 Å². The molecule has 0 bridgehead atoms. The number of hydrogen-bond acceptors (Lipinski definition) is 3. The second-order valence-corrected chi connectivity index (χ2v) is 4.35. The van der Waals surface area contributed by atoms with Gasteiger partial charge in [0.15, 0.2) is 5.76 Å². The molecule has 2 N–H and O–H groups in total. The van der Waals surface area contributed by atoms with Crippen LogP contribution in [0.15, 0.2) is 41.0 Å². The van der Waals surface area contributed by atoms with Crippen LogP contribution >= 0.6 is 23.2 Å². The summed E-state index contributed by atoms with van der Waals surface area (Å²) in [6.45, 7) is 0. The molecule has 98 valence electrons. The lowest BCUT2D eigenvalue weighted by molar-refractivity contribution is 0.0940. The van der Waals surface area contributed by atoms with E-state index in [1.807, 2.05) is 0 Å². The summed E-state index contributed by atoms with van der Waals surface area (Å²) < 4.78 is 4.85. The Labute approximate surface area is 118 Å². The van der Waals surface area contributed by atoms with Gasteiger partial charge in [-0.1, -0.05) is 23.2 Å². The van der Waals surface area contributed by atoms with E-state index < -0.39 is 11.9 Å². The molecule has 0 saturated carbocycles. The van der Waals surface area contributed by atoms with Crippen molar-refractivity contribution in [3.05, 3.63) is 52.4 Å². The van der Waals surface area contributed by atoms with Crippen LogP contribution < -0.4 is 10.6 Å². The molecule has 0 radical (unpaired) electrons. The van der Waals surface area contributed by atoms with E-state index in [0.717, 1.165) is 0 Å². The minimum atomic E-state index is -0.731.